The van der Waals surface area contributed by atoms with Gasteiger partial charge in [-0.15, -0.1) is 11.3 Å². The molecular formula is C17H8F3IN2S. The van der Waals surface area contributed by atoms with E-state index in [-0.39, 0.29) is 5.52 Å². The Balaban J connectivity index is 2.06. The third-order valence-corrected chi connectivity index (χ3v) is 4.97. The van der Waals surface area contributed by atoms with E-state index in [1.807, 2.05) is 24.3 Å². The lowest BCUT2D eigenvalue weighted by Crippen LogP contribution is -2.03. The largest absolute Gasteiger partial charge is 0.416 e. The zero-order chi connectivity index (χ0) is 17.3. The van der Waals surface area contributed by atoms with Gasteiger partial charge in [-0.3, -0.25) is 0 Å². The maximum atomic E-state index is 12.8. The third-order valence-electron chi connectivity index (χ3n) is 3.23. The van der Waals surface area contributed by atoms with Crippen molar-refractivity contribution in [1.82, 2.24) is 4.98 Å². The van der Waals surface area contributed by atoms with Crippen molar-refractivity contribution in [2.75, 3.05) is 0 Å². The Morgan fingerprint density at radius 2 is 2.00 bits per heavy atom. The number of thiazole rings is 1. The Kier molecular flexibility index (Phi) is 4.60. The molecule has 0 radical (unpaired) electrons. The average Bonchev–Trinajstić information content (AvgIpc) is 2.94. The van der Waals surface area contributed by atoms with Gasteiger partial charge in [-0.05, 0) is 64.6 Å². The van der Waals surface area contributed by atoms with Gasteiger partial charge in [-0.25, -0.2) is 4.98 Å². The quantitative estimate of drug-likeness (QED) is 0.351. The summed E-state index contributed by atoms with van der Waals surface area (Å²) in [6.45, 7) is 0. The number of halogens is 4. The van der Waals surface area contributed by atoms with Gasteiger partial charge in [0.15, 0.2) is 0 Å². The fraction of sp³-hybridized carbons (Fsp3) is 0.0588. The van der Waals surface area contributed by atoms with Gasteiger partial charge in [-0.1, -0.05) is 12.1 Å². The Labute approximate surface area is 153 Å². The van der Waals surface area contributed by atoms with Crippen molar-refractivity contribution in [3.05, 3.63) is 62.2 Å². The molecule has 3 aromatic rings. The molecule has 0 amide bonds. The lowest BCUT2D eigenvalue weighted by atomic mass is 10.1. The fourth-order valence-electron chi connectivity index (χ4n) is 2.12. The zero-order valence-electron chi connectivity index (χ0n) is 11.9. The number of alkyl halides is 3. The molecule has 0 spiro atoms. The van der Waals surface area contributed by atoms with Crippen molar-refractivity contribution >= 4 is 55.8 Å². The molecule has 0 aliphatic rings. The van der Waals surface area contributed by atoms with Gasteiger partial charge < -0.3 is 0 Å². The second-order valence-electron chi connectivity index (χ2n) is 4.92. The first-order valence-corrected chi connectivity index (χ1v) is 8.62. The highest BCUT2D eigenvalue weighted by Crippen LogP contribution is 2.34. The Bertz CT molecular complexity index is 983. The lowest BCUT2D eigenvalue weighted by molar-refractivity contribution is -0.137. The van der Waals surface area contributed by atoms with Crippen LogP contribution in [-0.2, 0) is 6.18 Å². The van der Waals surface area contributed by atoms with E-state index in [1.165, 1.54) is 17.4 Å². The van der Waals surface area contributed by atoms with Crippen LogP contribution in [-0.4, -0.2) is 4.98 Å². The summed E-state index contributed by atoms with van der Waals surface area (Å²) in [7, 11) is 0. The Morgan fingerprint density at radius 3 is 2.67 bits per heavy atom. The van der Waals surface area contributed by atoms with Crippen LogP contribution in [0, 0.1) is 14.9 Å². The molecule has 0 unspecified atom stereocenters. The van der Waals surface area contributed by atoms with E-state index in [0.29, 0.717) is 15.3 Å². The predicted octanol–water partition coefficient (Wildman–Crippen LogP) is 5.98. The number of benzene rings is 2. The first kappa shape index (κ1) is 16.9. The molecule has 0 bridgehead atoms. The van der Waals surface area contributed by atoms with Crippen molar-refractivity contribution in [3.63, 3.8) is 0 Å². The molecule has 120 valence electrons. The van der Waals surface area contributed by atoms with Gasteiger partial charge in [0.1, 0.15) is 11.1 Å². The summed E-state index contributed by atoms with van der Waals surface area (Å²) in [5, 5.41) is 9.79. The average molecular weight is 456 g/mol. The number of nitriles is 1. The minimum atomic E-state index is -4.41. The number of rotatable bonds is 2. The number of aromatic nitrogens is 1. The standard InChI is InChI=1S/C17H8F3IN2S/c18-17(19,20)12-4-5-15-14(8-12)23-16(24-15)11(9-22)6-10-2-1-3-13(21)7-10/h1-8H/b11-6+. The molecule has 0 atom stereocenters. The third kappa shape index (κ3) is 3.60. The number of hydrogen-bond acceptors (Lipinski definition) is 3. The molecule has 0 saturated heterocycles. The SMILES string of the molecule is N#C/C(=C\c1cccc(I)c1)c1nc2cc(C(F)(F)F)ccc2s1. The van der Waals surface area contributed by atoms with Crippen molar-refractivity contribution in [3.8, 4) is 6.07 Å². The number of nitrogens with zero attached hydrogens (tertiary/aromatic N) is 2. The molecule has 0 aliphatic carbocycles. The summed E-state index contributed by atoms with van der Waals surface area (Å²) >= 11 is 3.37. The second kappa shape index (κ2) is 6.53. The van der Waals surface area contributed by atoms with Gasteiger partial charge in [0.05, 0.1) is 21.4 Å². The van der Waals surface area contributed by atoms with Gasteiger partial charge in [0.25, 0.3) is 0 Å². The van der Waals surface area contributed by atoms with E-state index in [1.54, 1.807) is 6.08 Å². The highest BCUT2D eigenvalue weighted by Gasteiger charge is 2.30. The first-order valence-electron chi connectivity index (χ1n) is 6.72. The minimum absolute atomic E-state index is 0.244. The topological polar surface area (TPSA) is 36.7 Å². The Morgan fingerprint density at radius 1 is 1.21 bits per heavy atom. The van der Waals surface area contributed by atoms with Gasteiger partial charge in [0, 0.05) is 3.57 Å². The molecule has 0 aliphatic heterocycles. The molecule has 24 heavy (non-hydrogen) atoms. The second-order valence-corrected chi connectivity index (χ2v) is 7.20. The highest BCUT2D eigenvalue weighted by molar-refractivity contribution is 14.1. The monoisotopic (exact) mass is 456 g/mol. The van der Waals surface area contributed by atoms with Crippen LogP contribution in [0.5, 0.6) is 0 Å². The van der Waals surface area contributed by atoms with Crippen LogP contribution in [0.2, 0.25) is 0 Å². The van der Waals surface area contributed by atoms with Crippen LogP contribution in [0.1, 0.15) is 16.1 Å². The highest BCUT2D eigenvalue weighted by atomic mass is 127. The molecule has 0 N–H and O–H groups in total. The van der Waals surface area contributed by atoms with Crippen LogP contribution < -0.4 is 0 Å². The normalized spacial score (nSPS) is 12.4. The summed E-state index contributed by atoms with van der Waals surface area (Å²) in [4.78, 5) is 4.20. The number of allylic oxidation sites excluding steroid dienone is 1. The number of hydrogen-bond donors (Lipinski definition) is 0. The van der Waals surface area contributed by atoms with Crippen molar-refractivity contribution in [2.45, 2.75) is 6.18 Å². The summed E-state index contributed by atoms with van der Waals surface area (Å²) in [5.74, 6) is 0. The van der Waals surface area contributed by atoms with Crippen LogP contribution >= 0.6 is 33.9 Å². The molecule has 2 nitrogen and oxygen atoms in total. The maximum absolute atomic E-state index is 12.8. The summed E-state index contributed by atoms with van der Waals surface area (Å²) < 4.78 is 40.0. The van der Waals surface area contributed by atoms with Gasteiger partial charge in [0.2, 0.25) is 0 Å². The Hall–Kier alpha value is -1.92. The van der Waals surface area contributed by atoms with Crippen molar-refractivity contribution in [1.29, 1.82) is 5.26 Å². The molecule has 0 fully saturated rings. The number of fused-ring (bicyclic) bond motifs is 1. The molecule has 7 heteroatoms. The van der Waals surface area contributed by atoms with Crippen LogP contribution in [0.25, 0.3) is 21.9 Å². The van der Waals surface area contributed by atoms with Gasteiger partial charge in [-0.2, -0.15) is 18.4 Å². The lowest BCUT2D eigenvalue weighted by Gasteiger charge is -2.04. The van der Waals surface area contributed by atoms with E-state index in [9.17, 15) is 18.4 Å². The summed E-state index contributed by atoms with van der Waals surface area (Å²) in [5.41, 5.74) is 0.668. The zero-order valence-corrected chi connectivity index (χ0v) is 14.9. The van der Waals surface area contributed by atoms with E-state index in [2.05, 4.69) is 33.6 Å². The molecular weight excluding hydrogens is 448 g/mol. The van der Waals surface area contributed by atoms with Crippen LogP contribution in [0.15, 0.2) is 42.5 Å². The van der Waals surface area contributed by atoms with Crippen LogP contribution in [0.4, 0.5) is 13.2 Å². The predicted molar refractivity (Wildman–Crippen MR) is 97.3 cm³/mol. The molecule has 1 aromatic heterocycles. The molecule has 2 aromatic carbocycles. The first-order chi connectivity index (χ1) is 11.4. The molecule has 3 rings (SSSR count). The fourth-order valence-corrected chi connectivity index (χ4v) is 3.60. The van der Waals surface area contributed by atoms with E-state index < -0.39 is 11.7 Å². The summed E-state index contributed by atoms with van der Waals surface area (Å²) in [6.07, 6.45) is -2.73. The van der Waals surface area contributed by atoms with E-state index in [4.69, 9.17) is 0 Å². The van der Waals surface area contributed by atoms with Gasteiger partial charge >= 0.3 is 6.18 Å². The smallest absolute Gasteiger partial charge is 0.235 e. The summed E-state index contributed by atoms with van der Waals surface area (Å²) in [6, 6.07) is 13.1. The maximum Gasteiger partial charge on any atom is 0.416 e. The molecule has 0 saturated carbocycles. The van der Waals surface area contributed by atoms with Crippen LogP contribution in [0.3, 0.4) is 0 Å². The minimum Gasteiger partial charge on any atom is -0.235 e. The van der Waals surface area contributed by atoms with E-state index in [0.717, 1.165) is 21.3 Å². The van der Waals surface area contributed by atoms with Crippen molar-refractivity contribution < 1.29 is 13.2 Å². The van der Waals surface area contributed by atoms with Crippen molar-refractivity contribution in [2.24, 2.45) is 0 Å². The molecule has 1 heterocycles. The van der Waals surface area contributed by atoms with E-state index >= 15 is 0 Å².